The SMILES string of the molecule is c1ccc2c(c1)sc1ccccc1c1c2sc2c3ccccc3sc3ccccc3c21. The van der Waals surface area contributed by atoms with Gasteiger partial charge in [-0.15, -0.1) is 34.0 Å². The average molecular weight is 449 g/mol. The summed E-state index contributed by atoms with van der Waals surface area (Å²) >= 11 is 5.73. The first-order valence-corrected chi connectivity index (χ1v) is 12.7. The maximum Gasteiger partial charge on any atom is 0.0448 e. The average Bonchev–Trinajstić information content (AvgIpc) is 3.06. The number of fused-ring (bicyclic) bond motifs is 11. The Labute approximate surface area is 190 Å². The smallest absolute Gasteiger partial charge is 0.0448 e. The van der Waals surface area contributed by atoms with Gasteiger partial charge in [-0.25, -0.2) is 0 Å². The van der Waals surface area contributed by atoms with Crippen LogP contribution in [0.25, 0.3) is 60.5 Å². The molecule has 3 aromatic heterocycles. The number of thiophene rings is 1. The maximum atomic E-state index is 2.30. The molecule has 3 heterocycles. The summed E-state index contributed by atoms with van der Waals surface area (Å²) in [7, 11) is 0. The molecular formula is C28H16S3. The third-order valence-electron chi connectivity index (χ3n) is 5.92. The molecule has 0 nitrogen and oxygen atoms in total. The van der Waals surface area contributed by atoms with Crippen molar-refractivity contribution in [3.63, 3.8) is 0 Å². The van der Waals surface area contributed by atoms with E-state index in [1.165, 1.54) is 60.5 Å². The van der Waals surface area contributed by atoms with Crippen LogP contribution in [-0.4, -0.2) is 0 Å². The van der Waals surface area contributed by atoms with E-state index in [0.717, 1.165) is 0 Å². The zero-order valence-electron chi connectivity index (χ0n) is 16.5. The van der Waals surface area contributed by atoms with Crippen LogP contribution in [0.15, 0.2) is 97.1 Å². The fourth-order valence-electron chi connectivity index (χ4n) is 4.57. The van der Waals surface area contributed by atoms with Gasteiger partial charge >= 0.3 is 0 Å². The van der Waals surface area contributed by atoms with E-state index in [-0.39, 0.29) is 0 Å². The van der Waals surface area contributed by atoms with Gasteiger partial charge < -0.3 is 0 Å². The van der Waals surface area contributed by atoms with E-state index in [4.69, 9.17) is 0 Å². The maximum absolute atomic E-state index is 2.30. The summed E-state index contributed by atoms with van der Waals surface area (Å²) in [6.07, 6.45) is 0. The number of hydrogen-bond acceptors (Lipinski definition) is 3. The van der Waals surface area contributed by atoms with E-state index in [9.17, 15) is 0 Å². The summed E-state index contributed by atoms with van der Waals surface area (Å²) in [6.45, 7) is 0. The van der Waals surface area contributed by atoms with Crippen LogP contribution in [0.4, 0.5) is 0 Å². The molecule has 3 heteroatoms. The van der Waals surface area contributed by atoms with E-state index in [1.54, 1.807) is 0 Å². The lowest BCUT2D eigenvalue weighted by atomic mass is 10.0. The van der Waals surface area contributed by atoms with Crippen LogP contribution in [0, 0.1) is 0 Å². The monoisotopic (exact) mass is 448 g/mol. The molecule has 7 rings (SSSR count). The molecule has 31 heavy (non-hydrogen) atoms. The fourth-order valence-corrected chi connectivity index (χ4v) is 8.29. The molecule has 0 aliphatic heterocycles. The molecule has 0 amide bonds. The summed E-state index contributed by atoms with van der Waals surface area (Å²) in [5, 5.41) is 8.15. The fraction of sp³-hybridized carbons (Fsp3) is 0. The Morgan fingerprint density at radius 1 is 0.323 bits per heavy atom. The minimum Gasteiger partial charge on any atom is -0.135 e. The molecule has 0 aliphatic carbocycles. The van der Waals surface area contributed by atoms with Crippen molar-refractivity contribution in [2.45, 2.75) is 0 Å². The first-order chi connectivity index (χ1) is 15.4. The van der Waals surface area contributed by atoms with Crippen LogP contribution in [0.2, 0.25) is 0 Å². The number of benzene rings is 4. The molecule has 0 unspecified atom stereocenters. The lowest BCUT2D eigenvalue weighted by Crippen LogP contribution is -1.70. The van der Waals surface area contributed by atoms with Gasteiger partial charge in [-0.2, -0.15) is 0 Å². The van der Waals surface area contributed by atoms with Gasteiger partial charge in [0.05, 0.1) is 0 Å². The van der Waals surface area contributed by atoms with Crippen molar-refractivity contribution in [1.82, 2.24) is 0 Å². The molecule has 0 fully saturated rings. The second-order valence-electron chi connectivity index (χ2n) is 7.70. The zero-order valence-corrected chi connectivity index (χ0v) is 18.9. The van der Waals surface area contributed by atoms with Crippen LogP contribution < -0.4 is 0 Å². The first kappa shape index (κ1) is 17.7. The van der Waals surface area contributed by atoms with Crippen LogP contribution in [-0.2, 0) is 0 Å². The molecule has 0 saturated heterocycles. The molecule has 0 bridgehead atoms. The van der Waals surface area contributed by atoms with E-state index in [0.29, 0.717) is 0 Å². The van der Waals surface area contributed by atoms with Crippen molar-refractivity contribution in [3.05, 3.63) is 97.1 Å². The second kappa shape index (κ2) is 6.76. The van der Waals surface area contributed by atoms with E-state index >= 15 is 0 Å². The van der Waals surface area contributed by atoms with Crippen molar-refractivity contribution >= 4 is 94.5 Å². The van der Waals surface area contributed by atoms with Crippen molar-refractivity contribution in [3.8, 4) is 0 Å². The Hall–Kier alpha value is -2.98. The number of hydrogen-bond donors (Lipinski definition) is 0. The summed E-state index contributed by atoms with van der Waals surface area (Å²) in [5.41, 5.74) is 0. The predicted octanol–water partition coefficient (Wildman–Crippen LogP) is 9.91. The highest BCUT2D eigenvalue weighted by Gasteiger charge is 2.15. The lowest BCUT2D eigenvalue weighted by molar-refractivity contribution is 1.86. The Morgan fingerprint density at radius 2 is 0.645 bits per heavy atom. The van der Waals surface area contributed by atoms with Gasteiger partial charge in [0.15, 0.2) is 0 Å². The van der Waals surface area contributed by atoms with Gasteiger partial charge in [-0.3, -0.25) is 0 Å². The first-order valence-electron chi connectivity index (χ1n) is 10.3. The Balaban J connectivity index is 1.96. The molecule has 0 N–H and O–H groups in total. The van der Waals surface area contributed by atoms with Crippen molar-refractivity contribution < 1.29 is 0 Å². The van der Waals surface area contributed by atoms with Crippen molar-refractivity contribution in [2.75, 3.05) is 0 Å². The van der Waals surface area contributed by atoms with E-state index < -0.39 is 0 Å². The Morgan fingerprint density at radius 3 is 1.06 bits per heavy atom. The molecule has 146 valence electrons. The molecule has 0 atom stereocenters. The van der Waals surface area contributed by atoms with Crippen molar-refractivity contribution in [1.29, 1.82) is 0 Å². The van der Waals surface area contributed by atoms with Gasteiger partial charge in [0.25, 0.3) is 0 Å². The second-order valence-corrected chi connectivity index (χ2v) is 10.9. The third kappa shape index (κ3) is 2.58. The van der Waals surface area contributed by atoms with Crippen LogP contribution >= 0.6 is 34.0 Å². The molecule has 0 saturated carbocycles. The highest BCUT2D eigenvalue weighted by Crippen LogP contribution is 2.47. The lowest BCUT2D eigenvalue weighted by Gasteiger charge is -1.97. The molecule has 0 spiro atoms. The van der Waals surface area contributed by atoms with Gasteiger partial charge in [-0.05, 0) is 24.3 Å². The largest absolute Gasteiger partial charge is 0.135 e. The van der Waals surface area contributed by atoms with Crippen LogP contribution in [0.5, 0.6) is 0 Å². The van der Waals surface area contributed by atoms with Crippen LogP contribution in [0.1, 0.15) is 0 Å². The van der Waals surface area contributed by atoms with E-state index in [2.05, 4.69) is 97.1 Å². The summed E-state index contributed by atoms with van der Waals surface area (Å²) in [5.74, 6) is 0. The standard InChI is InChI=1S/C28H16S3/c1-5-13-21-17(9-1)25-26-18-10-2-6-14-22(18)30-24-16-8-4-12-20(24)28(26)31-27(25)19-11-3-7-15-23(19)29-21/h1-16H. The molecular weight excluding hydrogens is 433 g/mol. The minimum atomic E-state index is 1.33. The van der Waals surface area contributed by atoms with Crippen molar-refractivity contribution in [2.24, 2.45) is 0 Å². The van der Waals surface area contributed by atoms with Gasteiger partial charge in [-0.1, -0.05) is 72.8 Å². The molecule has 0 radical (unpaired) electrons. The van der Waals surface area contributed by atoms with Gasteiger partial charge in [0.1, 0.15) is 0 Å². The molecule has 0 aliphatic rings. The van der Waals surface area contributed by atoms with Crippen LogP contribution in [0.3, 0.4) is 0 Å². The predicted molar refractivity (Wildman–Crippen MR) is 143 cm³/mol. The quantitative estimate of drug-likeness (QED) is 0.216. The number of rotatable bonds is 0. The third-order valence-corrected chi connectivity index (χ3v) is 9.48. The zero-order chi connectivity index (χ0) is 20.4. The van der Waals surface area contributed by atoms with Gasteiger partial charge in [0.2, 0.25) is 0 Å². The highest BCUT2D eigenvalue weighted by atomic mass is 32.1. The summed E-state index contributed by atoms with van der Waals surface area (Å²) in [4.78, 5) is 0. The minimum absolute atomic E-state index is 1.33. The van der Waals surface area contributed by atoms with Gasteiger partial charge in [0, 0.05) is 60.5 Å². The van der Waals surface area contributed by atoms with E-state index in [1.807, 2.05) is 34.0 Å². The summed E-state index contributed by atoms with van der Waals surface area (Å²) < 4.78 is 8.10. The summed E-state index contributed by atoms with van der Waals surface area (Å²) in [6, 6.07) is 35.5. The molecule has 4 aromatic carbocycles. The molecule has 7 aromatic rings. The Bertz CT molecular complexity index is 1710. The topological polar surface area (TPSA) is 0 Å². The normalized spacial score (nSPS) is 11.9. The highest BCUT2D eigenvalue weighted by molar-refractivity contribution is 7.31. The Kier molecular flexibility index (Phi) is 3.85.